The number of anilines is 1. The largest absolute Gasteiger partial charge is 0.454 e. The number of benzene rings is 3. The third kappa shape index (κ3) is 4.92. The number of hydrogen-bond acceptors (Lipinski definition) is 8. The van der Waals surface area contributed by atoms with E-state index in [1.54, 1.807) is 30.3 Å². The maximum Gasteiger partial charge on any atom is 0.252 e. The molecule has 0 aliphatic carbocycles. The molecule has 2 amide bonds. The van der Waals surface area contributed by atoms with Gasteiger partial charge in [-0.1, -0.05) is 22.0 Å². The molecule has 1 saturated heterocycles. The molecule has 3 aromatic carbocycles. The number of rotatable bonds is 7. The van der Waals surface area contributed by atoms with Crippen molar-refractivity contribution in [1.29, 1.82) is 0 Å². The van der Waals surface area contributed by atoms with Crippen molar-refractivity contribution < 1.29 is 35.9 Å². The van der Waals surface area contributed by atoms with Crippen LogP contribution in [0.25, 0.3) is 0 Å². The summed E-state index contributed by atoms with van der Waals surface area (Å²) in [6.45, 7) is -0.189. The second-order valence-electron chi connectivity index (χ2n) is 8.52. The molecule has 1 atom stereocenters. The normalized spacial score (nSPS) is 17.4. The second-order valence-corrected chi connectivity index (χ2v) is 12.9. The summed E-state index contributed by atoms with van der Waals surface area (Å²) in [6.07, 6.45) is -0.407. The molecule has 3 aromatic rings. The fourth-order valence-electron chi connectivity index (χ4n) is 4.22. The number of primary sulfonamides is 1. The number of halogens is 1. The van der Waals surface area contributed by atoms with Crippen LogP contribution in [0, 0.1) is 0 Å². The lowest BCUT2D eigenvalue weighted by atomic mass is 10.1. The number of sulfonamides is 2. The molecule has 0 spiro atoms. The van der Waals surface area contributed by atoms with Crippen LogP contribution >= 0.6 is 15.9 Å². The first-order chi connectivity index (χ1) is 17.9. The van der Waals surface area contributed by atoms with Crippen molar-refractivity contribution in [2.45, 2.75) is 28.8 Å². The van der Waals surface area contributed by atoms with Crippen LogP contribution in [0.4, 0.5) is 5.69 Å². The minimum absolute atomic E-state index is 0.0362. The lowest BCUT2D eigenvalue weighted by molar-refractivity contribution is -0.122. The third-order valence-electron chi connectivity index (χ3n) is 6.09. The third-order valence-corrected chi connectivity index (χ3v) is 9.42. The molecular weight excluding hydrogens is 602 g/mol. The topological polar surface area (TPSA) is 153 Å². The van der Waals surface area contributed by atoms with E-state index in [1.165, 1.54) is 36.4 Å². The molecule has 14 heteroatoms. The molecule has 11 nitrogen and oxygen atoms in total. The Hall–Kier alpha value is -3.30. The lowest BCUT2D eigenvalue weighted by Gasteiger charge is -2.27. The van der Waals surface area contributed by atoms with E-state index in [2.05, 4.69) is 15.9 Å². The number of nitrogens with two attached hydrogens (primary N) is 1. The number of ether oxygens (including phenoxy) is 2. The van der Waals surface area contributed by atoms with Crippen LogP contribution in [-0.2, 0) is 36.2 Å². The minimum Gasteiger partial charge on any atom is -0.454 e. The summed E-state index contributed by atoms with van der Waals surface area (Å²) in [5, 5.41) is 5.13. The summed E-state index contributed by atoms with van der Waals surface area (Å²) < 4.78 is 63.2. The highest BCUT2D eigenvalue weighted by atomic mass is 79.9. The van der Waals surface area contributed by atoms with Gasteiger partial charge in [0.15, 0.2) is 11.5 Å². The molecule has 1 fully saturated rings. The zero-order valence-electron chi connectivity index (χ0n) is 19.5. The van der Waals surface area contributed by atoms with Gasteiger partial charge in [0.25, 0.3) is 5.91 Å². The summed E-state index contributed by atoms with van der Waals surface area (Å²) in [7, 11) is -8.24. The molecule has 38 heavy (non-hydrogen) atoms. The summed E-state index contributed by atoms with van der Waals surface area (Å²) in [5.74, 6) is -0.448. The molecule has 0 aromatic heterocycles. The average Bonchev–Trinajstić information content (AvgIpc) is 3.45. The van der Waals surface area contributed by atoms with E-state index in [9.17, 15) is 26.4 Å². The average molecular weight is 622 g/mol. The van der Waals surface area contributed by atoms with E-state index >= 15 is 0 Å². The lowest BCUT2D eigenvalue weighted by Crippen LogP contribution is -2.45. The molecular formula is C24H20BrN3O8S2. The zero-order valence-corrected chi connectivity index (χ0v) is 22.7. The SMILES string of the molecule is NS(=O)(=O)c1ccc(N2C(=O)CC(N(Cc3ccc4c(c3)OCO4)S(=O)(=O)c3ccc(Br)cc3)C2=O)cc1. The first-order valence-electron chi connectivity index (χ1n) is 11.1. The van der Waals surface area contributed by atoms with E-state index in [0.717, 1.165) is 9.21 Å². The Morgan fingerprint density at radius 1 is 0.895 bits per heavy atom. The Morgan fingerprint density at radius 3 is 2.18 bits per heavy atom. The quantitative estimate of drug-likeness (QED) is 0.394. The van der Waals surface area contributed by atoms with Crippen molar-refractivity contribution in [1.82, 2.24) is 4.31 Å². The van der Waals surface area contributed by atoms with Gasteiger partial charge in [-0.05, 0) is 66.2 Å². The van der Waals surface area contributed by atoms with Gasteiger partial charge in [0.2, 0.25) is 32.7 Å². The van der Waals surface area contributed by atoms with Crippen molar-refractivity contribution in [3.63, 3.8) is 0 Å². The van der Waals surface area contributed by atoms with Crippen molar-refractivity contribution in [2.24, 2.45) is 5.14 Å². The molecule has 0 bridgehead atoms. The maximum atomic E-state index is 13.8. The monoisotopic (exact) mass is 621 g/mol. The second kappa shape index (κ2) is 9.78. The highest BCUT2D eigenvalue weighted by Gasteiger charge is 2.47. The van der Waals surface area contributed by atoms with Crippen molar-refractivity contribution in [3.8, 4) is 11.5 Å². The Balaban J connectivity index is 1.52. The van der Waals surface area contributed by atoms with Gasteiger partial charge < -0.3 is 9.47 Å². The highest BCUT2D eigenvalue weighted by molar-refractivity contribution is 9.10. The fourth-order valence-corrected chi connectivity index (χ4v) is 6.57. The van der Waals surface area contributed by atoms with Crippen LogP contribution < -0.4 is 19.5 Å². The van der Waals surface area contributed by atoms with Gasteiger partial charge >= 0.3 is 0 Å². The van der Waals surface area contributed by atoms with E-state index in [0.29, 0.717) is 21.5 Å². The Morgan fingerprint density at radius 2 is 1.53 bits per heavy atom. The van der Waals surface area contributed by atoms with Crippen LogP contribution in [0.15, 0.2) is 81.0 Å². The van der Waals surface area contributed by atoms with Gasteiger partial charge in [-0.2, -0.15) is 4.31 Å². The summed E-state index contributed by atoms with van der Waals surface area (Å²) in [4.78, 5) is 27.1. The van der Waals surface area contributed by atoms with Gasteiger partial charge in [-0.25, -0.2) is 26.9 Å². The molecule has 5 rings (SSSR count). The van der Waals surface area contributed by atoms with E-state index < -0.39 is 44.3 Å². The molecule has 2 aliphatic rings. The molecule has 2 aliphatic heterocycles. The van der Waals surface area contributed by atoms with E-state index in [4.69, 9.17) is 14.6 Å². The number of nitrogens with zero attached hydrogens (tertiary/aromatic N) is 2. The molecule has 2 N–H and O–H groups in total. The van der Waals surface area contributed by atoms with Gasteiger partial charge in [0.1, 0.15) is 6.04 Å². The number of amides is 2. The smallest absolute Gasteiger partial charge is 0.252 e. The number of imide groups is 1. The molecule has 0 saturated carbocycles. The summed E-state index contributed by atoms with van der Waals surface area (Å²) in [5.41, 5.74) is 0.616. The first-order valence-corrected chi connectivity index (χ1v) is 14.9. The van der Waals surface area contributed by atoms with Gasteiger partial charge in [0.05, 0.1) is 21.9 Å². The maximum absolute atomic E-state index is 13.8. The van der Waals surface area contributed by atoms with Crippen LogP contribution in [0.2, 0.25) is 0 Å². The standard InChI is InChI=1S/C24H20BrN3O8S2/c25-16-2-6-19(7-3-16)38(33,34)27(13-15-1-10-21-22(11-15)36-14-35-21)20-12-23(29)28(24(20)30)17-4-8-18(9-5-17)37(26,31)32/h1-11,20H,12-14H2,(H2,26,31,32). The van der Waals surface area contributed by atoms with Gasteiger partial charge in [-0.3, -0.25) is 9.59 Å². The van der Waals surface area contributed by atoms with Gasteiger partial charge in [-0.15, -0.1) is 0 Å². The van der Waals surface area contributed by atoms with Crippen LogP contribution in [0.5, 0.6) is 11.5 Å². The predicted octanol–water partition coefficient (Wildman–Crippen LogP) is 2.35. The van der Waals surface area contributed by atoms with Crippen molar-refractivity contribution in [3.05, 3.63) is 76.8 Å². The molecule has 2 heterocycles. The van der Waals surface area contributed by atoms with E-state index in [-0.39, 0.29) is 28.8 Å². The fraction of sp³-hybridized carbons (Fsp3) is 0.167. The molecule has 1 unspecified atom stereocenters. The highest BCUT2D eigenvalue weighted by Crippen LogP contribution is 2.35. The number of fused-ring (bicyclic) bond motifs is 1. The predicted molar refractivity (Wildman–Crippen MR) is 138 cm³/mol. The van der Waals surface area contributed by atoms with Crippen molar-refractivity contribution in [2.75, 3.05) is 11.7 Å². The zero-order chi connectivity index (χ0) is 27.2. The molecule has 198 valence electrons. The number of carbonyl (C=O) groups is 2. The molecule has 0 radical (unpaired) electrons. The van der Waals surface area contributed by atoms with Crippen LogP contribution in [0.3, 0.4) is 0 Å². The first kappa shape index (κ1) is 26.3. The number of carbonyl (C=O) groups excluding carboxylic acids is 2. The Labute approximate surface area is 227 Å². The summed E-state index contributed by atoms with van der Waals surface area (Å²) >= 11 is 3.28. The Kier molecular flexibility index (Phi) is 6.77. The minimum atomic E-state index is -4.26. The number of hydrogen-bond donors (Lipinski definition) is 1. The van der Waals surface area contributed by atoms with Crippen LogP contribution in [0.1, 0.15) is 12.0 Å². The van der Waals surface area contributed by atoms with Gasteiger partial charge in [0, 0.05) is 11.0 Å². The Bertz CT molecular complexity index is 1640. The van der Waals surface area contributed by atoms with E-state index in [1.807, 2.05) is 0 Å². The van der Waals surface area contributed by atoms with Crippen molar-refractivity contribution >= 4 is 53.5 Å². The summed E-state index contributed by atoms with van der Waals surface area (Å²) in [6, 6.07) is 14.4. The van der Waals surface area contributed by atoms with Crippen LogP contribution in [-0.4, -0.2) is 45.8 Å².